The van der Waals surface area contributed by atoms with Crippen LogP contribution in [0.5, 0.6) is 0 Å². The molecule has 0 aliphatic heterocycles. The second-order valence-corrected chi connectivity index (χ2v) is 19.1. The maximum Gasteiger partial charge on any atom is 0.0543 e. The van der Waals surface area contributed by atoms with Gasteiger partial charge >= 0.3 is 0 Å². The number of hydrogen-bond acceptors (Lipinski definition) is 1. The summed E-state index contributed by atoms with van der Waals surface area (Å²) in [6.45, 7) is 24.2. The Morgan fingerprint density at radius 2 is 0.926 bits per heavy atom. The Morgan fingerprint density at radius 1 is 0.407 bits per heavy atom. The first-order valence-corrected chi connectivity index (χ1v) is 20.2. The van der Waals surface area contributed by atoms with Crippen molar-refractivity contribution in [2.24, 2.45) is 0 Å². The molecular weight excluding hydrogens is 651 g/mol. The summed E-state index contributed by atoms with van der Waals surface area (Å²) in [6.07, 6.45) is 2.40. The van der Waals surface area contributed by atoms with Crippen LogP contribution in [0.25, 0.3) is 33.4 Å². The van der Waals surface area contributed by atoms with Gasteiger partial charge in [0.2, 0.25) is 0 Å². The van der Waals surface area contributed by atoms with Gasteiger partial charge in [-0.15, -0.1) is 0 Å². The number of para-hydroxylation sites is 1. The van der Waals surface area contributed by atoms with Crippen molar-refractivity contribution in [3.8, 4) is 33.4 Å². The maximum atomic E-state index is 2.62. The smallest absolute Gasteiger partial charge is 0.0543 e. The fourth-order valence-electron chi connectivity index (χ4n) is 10.3. The zero-order valence-electron chi connectivity index (χ0n) is 34.0. The van der Waals surface area contributed by atoms with Crippen molar-refractivity contribution < 1.29 is 0 Å². The van der Waals surface area contributed by atoms with Gasteiger partial charge in [0.1, 0.15) is 0 Å². The van der Waals surface area contributed by atoms with E-state index in [2.05, 4.69) is 195 Å². The van der Waals surface area contributed by atoms with E-state index in [4.69, 9.17) is 0 Å². The number of fused-ring (bicyclic) bond motifs is 7. The van der Waals surface area contributed by atoms with Gasteiger partial charge in [0.05, 0.1) is 5.69 Å². The van der Waals surface area contributed by atoms with E-state index in [1.807, 2.05) is 0 Å². The zero-order chi connectivity index (χ0) is 37.9. The molecule has 1 nitrogen and oxygen atoms in total. The topological polar surface area (TPSA) is 3.24 Å². The summed E-state index contributed by atoms with van der Waals surface area (Å²) in [7, 11) is 0. The summed E-state index contributed by atoms with van der Waals surface area (Å²) < 4.78 is 0. The number of benzene rings is 6. The van der Waals surface area contributed by atoms with Gasteiger partial charge < -0.3 is 4.90 Å². The molecule has 0 bridgehead atoms. The predicted molar refractivity (Wildman–Crippen MR) is 231 cm³/mol. The van der Waals surface area contributed by atoms with Gasteiger partial charge in [-0.05, 0) is 139 Å². The number of rotatable bonds is 5. The minimum absolute atomic E-state index is 0.0975. The average Bonchev–Trinajstić information content (AvgIpc) is 3.52. The van der Waals surface area contributed by atoms with Gasteiger partial charge in [-0.25, -0.2) is 0 Å². The van der Waals surface area contributed by atoms with Crippen LogP contribution in [0, 0.1) is 0 Å². The molecule has 54 heavy (non-hydrogen) atoms. The molecule has 0 N–H and O–H groups in total. The lowest BCUT2D eigenvalue weighted by Gasteiger charge is -2.43. The van der Waals surface area contributed by atoms with Crippen molar-refractivity contribution >= 4 is 17.1 Å². The van der Waals surface area contributed by atoms with Crippen LogP contribution in [0.3, 0.4) is 0 Å². The standard InChI is InChI=1S/C53H55N/c1-33(2)39-30-47-48(51(5,6)27-26-50(47,3)4)31-40(39)42-29-41-37-21-15-17-23-44(37)53(9,10)46(41)32-49(42)54(34-18-12-11-13-19-34)35-24-25-38-36-20-14-16-22-43(36)52(7,8)45(38)28-35/h11-25,28-33H,26-27H2,1-10H3. The summed E-state index contributed by atoms with van der Waals surface area (Å²) in [6, 6.07) is 46.7. The van der Waals surface area contributed by atoms with Gasteiger partial charge in [-0.2, -0.15) is 0 Å². The van der Waals surface area contributed by atoms with Gasteiger partial charge in [0.25, 0.3) is 0 Å². The van der Waals surface area contributed by atoms with E-state index in [1.165, 1.54) is 102 Å². The Kier molecular flexibility index (Phi) is 7.62. The highest BCUT2D eigenvalue weighted by Crippen LogP contribution is 2.57. The van der Waals surface area contributed by atoms with E-state index in [0.717, 1.165) is 0 Å². The van der Waals surface area contributed by atoms with E-state index in [0.29, 0.717) is 5.92 Å². The molecular formula is C53H55N. The van der Waals surface area contributed by atoms with Gasteiger partial charge in [0, 0.05) is 27.8 Å². The van der Waals surface area contributed by atoms with E-state index in [1.54, 1.807) is 0 Å². The molecule has 0 saturated heterocycles. The minimum atomic E-state index is -0.133. The number of nitrogens with zero attached hydrogens (tertiary/aromatic N) is 1. The summed E-state index contributed by atoms with van der Waals surface area (Å²) >= 11 is 0. The highest BCUT2D eigenvalue weighted by molar-refractivity contribution is 5.96. The first-order chi connectivity index (χ1) is 25.6. The number of anilines is 3. The molecule has 6 aromatic carbocycles. The van der Waals surface area contributed by atoms with Crippen LogP contribution in [-0.2, 0) is 21.7 Å². The normalized spacial score (nSPS) is 17.7. The van der Waals surface area contributed by atoms with Crippen LogP contribution in [-0.4, -0.2) is 0 Å². The molecule has 9 rings (SSSR count). The molecule has 0 fully saturated rings. The first kappa shape index (κ1) is 34.9. The second-order valence-electron chi connectivity index (χ2n) is 19.1. The summed E-state index contributed by atoms with van der Waals surface area (Å²) in [5, 5.41) is 0. The average molecular weight is 706 g/mol. The summed E-state index contributed by atoms with van der Waals surface area (Å²) in [5.74, 6) is 0.362. The Balaban J connectivity index is 1.38. The lowest BCUT2D eigenvalue weighted by molar-refractivity contribution is 0.331. The van der Waals surface area contributed by atoms with Crippen molar-refractivity contribution in [2.45, 2.75) is 110 Å². The molecule has 0 aromatic heterocycles. The Labute approximate surface area is 324 Å². The highest BCUT2D eigenvalue weighted by Gasteiger charge is 2.41. The first-order valence-electron chi connectivity index (χ1n) is 20.2. The SMILES string of the molecule is CC(C)c1cc2c(cc1-c1cc3c(cc1N(c1ccccc1)c1ccc4c(c1)C(C)(C)c1ccccc1-4)C(C)(C)c1ccccc1-3)C(C)(C)CCC2(C)C. The minimum Gasteiger partial charge on any atom is -0.310 e. The fourth-order valence-corrected chi connectivity index (χ4v) is 10.3. The predicted octanol–water partition coefficient (Wildman–Crippen LogP) is 14.9. The largest absolute Gasteiger partial charge is 0.310 e. The van der Waals surface area contributed by atoms with Crippen LogP contribution in [0.15, 0.2) is 121 Å². The molecule has 0 amide bonds. The third-order valence-corrected chi connectivity index (χ3v) is 13.7. The van der Waals surface area contributed by atoms with Crippen molar-refractivity contribution in [1.29, 1.82) is 0 Å². The van der Waals surface area contributed by atoms with Crippen LogP contribution < -0.4 is 4.90 Å². The second kappa shape index (κ2) is 11.8. The monoisotopic (exact) mass is 705 g/mol. The van der Waals surface area contributed by atoms with Crippen LogP contribution in [0.4, 0.5) is 17.1 Å². The molecule has 0 spiro atoms. The lowest BCUT2D eigenvalue weighted by atomic mass is 9.62. The van der Waals surface area contributed by atoms with Gasteiger partial charge in [-0.3, -0.25) is 0 Å². The van der Waals surface area contributed by atoms with Gasteiger partial charge in [-0.1, -0.05) is 148 Å². The highest BCUT2D eigenvalue weighted by atomic mass is 15.1. The zero-order valence-corrected chi connectivity index (χ0v) is 34.0. The summed E-state index contributed by atoms with van der Waals surface area (Å²) in [5.41, 5.74) is 21.8. The Morgan fingerprint density at radius 3 is 1.54 bits per heavy atom. The molecule has 3 aliphatic carbocycles. The van der Waals surface area contributed by atoms with Crippen molar-refractivity contribution in [3.05, 3.63) is 160 Å². The van der Waals surface area contributed by atoms with Crippen molar-refractivity contribution in [2.75, 3.05) is 4.90 Å². The molecule has 1 heteroatoms. The molecule has 0 heterocycles. The lowest BCUT2D eigenvalue weighted by Crippen LogP contribution is -2.34. The molecule has 0 saturated carbocycles. The van der Waals surface area contributed by atoms with Crippen LogP contribution in [0.1, 0.15) is 127 Å². The van der Waals surface area contributed by atoms with Crippen LogP contribution in [0.2, 0.25) is 0 Å². The third kappa shape index (κ3) is 5.03. The Hall–Kier alpha value is -4.88. The molecule has 272 valence electrons. The fraction of sp³-hybridized carbons (Fsp3) is 0.321. The number of hydrogen-bond donors (Lipinski definition) is 0. The quantitative estimate of drug-likeness (QED) is 0.173. The Bertz CT molecular complexity index is 2470. The van der Waals surface area contributed by atoms with Crippen molar-refractivity contribution in [3.63, 3.8) is 0 Å². The molecule has 0 radical (unpaired) electrons. The van der Waals surface area contributed by atoms with E-state index in [9.17, 15) is 0 Å². The van der Waals surface area contributed by atoms with Crippen LogP contribution >= 0.6 is 0 Å². The third-order valence-electron chi connectivity index (χ3n) is 13.7. The maximum absolute atomic E-state index is 2.62. The van der Waals surface area contributed by atoms with E-state index >= 15 is 0 Å². The summed E-state index contributed by atoms with van der Waals surface area (Å²) in [4.78, 5) is 2.56. The molecule has 3 aliphatic rings. The molecule has 0 atom stereocenters. The van der Waals surface area contributed by atoms with Gasteiger partial charge in [0.15, 0.2) is 0 Å². The molecule has 0 unspecified atom stereocenters. The molecule has 6 aromatic rings. The van der Waals surface area contributed by atoms with E-state index in [-0.39, 0.29) is 21.7 Å². The van der Waals surface area contributed by atoms with Crippen molar-refractivity contribution in [1.82, 2.24) is 0 Å². The van der Waals surface area contributed by atoms with E-state index < -0.39 is 0 Å².